The van der Waals surface area contributed by atoms with Gasteiger partial charge in [-0.15, -0.1) is 0 Å². The highest BCUT2D eigenvalue weighted by Gasteiger charge is 2.48. The summed E-state index contributed by atoms with van der Waals surface area (Å²) in [6.45, 7) is 10.5. The van der Waals surface area contributed by atoms with Gasteiger partial charge in [0.25, 0.3) is 0 Å². The van der Waals surface area contributed by atoms with Gasteiger partial charge < -0.3 is 19.5 Å². The maximum absolute atomic E-state index is 13.4. The third kappa shape index (κ3) is 5.38. The first-order chi connectivity index (χ1) is 15.3. The predicted molar refractivity (Wildman–Crippen MR) is 118 cm³/mol. The maximum Gasteiger partial charge on any atom is 0.410 e. The second-order valence-corrected chi connectivity index (χ2v) is 9.92. The lowest BCUT2D eigenvalue weighted by atomic mass is 9.85. The Morgan fingerprint density at radius 1 is 1.27 bits per heavy atom. The van der Waals surface area contributed by atoms with Gasteiger partial charge in [0.15, 0.2) is 6.10 Å². The first-order valence-corrected chi connectivity index (χ1v) is 11.0. The Morgan fingerprint density at radius 2 is 1.97 bits per heavy atom. The SMILES string of the molecule is CC(=O)OC1C(NC(=O)C2CCCN2C(=O)OC(C)(C)C)c2cc(C#N)ccc2OC1(C)C. The number of nitrogens with zero attached hydrogens (tertiary/aromatic N) is 2. The van der Waals surface area contributed by atoms with E-state index in [1.165, 1.54) is 11.8 Å². The second kappa shape index (κ2) is 8.93. The van der Waals surface area contributed by atoms with E-state index in [2.05, 4.69) is 11.4 Å². The minimum absolute atomic E-state index is 0.383. The topological polar surface area (TPSA) is 118 Å². The Morgan fingerprint density at radius 3 is 2.58 bits per heavy atom. The van der Waals surface area contributed by atoms with Crippen molar-refractivity contribution < 1.29 is 28.6 Å². The molecule has 0 aliphatic carbocycles. The van der Waals surface area contributed by atoms with E-state index in [9.17, 15) is 19.6 Å². The lowest BCUT2D eigenvalue weighted by molar-refractivity contribution is -0.164. The van der Waals surface area contributed by atoms with Gasteiger partial charge in [0.2, 0.25) is 5.91 Å². The number of esters is 1. The Hall–Kier alpha value is -3.28. The first kappa shape index (κ1) is 24.4. The molecule has 3 unspecified atom stereocenters. The van der Waals surface area contributed by atoms with Gasteiger partial charge in [-0.05, 0) is 65.7 Å². The molecular weight excluding hydrogens is 426 g/mol. The van der Waals surface area contributed by atoms with Crippen LogP contribution in [0.5, 0.6) is 5.75 Å². The van der Waals surface area contributed by atoms with Crippen molar-refractivity contribution in [2.45, 2.75) is 83.8 Å². The number of hydrogen-bond acceptors (Lipinski definition) is 7. The molecule has 0 bridgehead atoms. The zero-order chi connectivity index (χ0) is 24.6. The molecule has 1 aromatic rings. The van der Waals surface area contributed by atoms with Crippen LogP contribution < -0.4 is 10.1 Å². The molecule has 9 heteroatoms. The third-order valence-electron chi connectivity index (χ3n) is 5.61. The van der Waals surface area contributed by atoms with Crippen LogP contribution in [0.3, 0.4) is 0 Å². The molecule has 0 aromatic heterocycles. The summed E-state index contributed by atoms with van der Waals surface area (Å²) in [5.74, 6) is -0.415. The molecule has 2 amide bonds. The number of amides is 2. The third-order valence-corrected chi connectivity index (χ3v) is 5.61. The lowest BCUT2D eigenvalue weighted by Gasteiger charge is -2.44. The minimum atomic E-state index is -0.953. The van der Waals surface area contributed by atoms with Gasteiger partial charge in [-0.2, -0.15) is 5.26 Å². The van der Waals surface area contributed by atoms with Crippen LogP contribution in [0.25, 0.3) is 0 Å². The summed E-state index contributed by atoms with van der Waals surface area (Å²) >= 11 is 0. The highest BCUT2D eigenvalue weighted by atomic mass is 16.6. The quantitative estimate of drug-likeness (QED) is 0.692. The van der Waals surface area contributed by atoms with Crippen molar-refractivity contribution >= 4 is 18.0 Å². The average molecular weight is 458 g/mol. The molecule has 1 fully saturated rings. The monoisotopic (exact) mass is 457 g/mol. The van der Waals surface area contributed by atoms with Crippen LogP contribution in [0.2, 0.25) is 0 Å². The van der Waals surface area contributed by atoms with Gasteiger partial charge in [-0.1, -0.05) is 0 Å². The number of nitriles is 1. The fourth-order valence-electron chi connectivity index (χ4n) is 4.23. The number of rotatable bonds is 3. The van der Waals surface area contributed by atoms with E-state index in [4.69, 9.17) is 14.2 Å². The first-order valence-electron chi connectivity index (χ1n) is 11.0. The highest BCUT2D eigenvalue weighted by molar-refractivity contribution is 5.87. The molecule has 3 rings (SSSR count). The fourth-order valence-corrected chi connectivity index (χ4v) is 4.23. The van der Waals surface area contributed by atoms with Crippen LogP contribution in [-0.2, 0) is 19.1 Å². The summed E-state index contributed by atoms with van der Waals surface area (Å²) in [6, 6.07) is 5.51. The maximum atomic E-state index is 13.4. The summed E-state index contributed by atoms with van der Waals surface area (Å²) in [5, 5.41) is 12.3. The molecule has 0 radical (unpaired) electrons. The predicted octanol–water partition coefficient (Wildman–Crippen LogP) is 3.22. The molecule has 2 aliphatic heterocycles. The van der Waals surface area contributed by atoms with Crippen molar-refractivity contribution in [3.8, 4) is 11.8 Å². The Balaban J connectivity index is 1.93. The normalized spacial score (nSPS) is 23.5. The molecule has 1 saturated heterocycles. The number of benzene rings is 1. The number of carbonyl (C=O) groups excluding carboxylic acids is 3. The van der Waals surface area contributed by atoms with Crippen LogP contribution in [-0.4, -0.2) is 52.8 Å². The van der Waals surface area contributed by atoms with E-state index in [1.807, 2.05) is 0 Å². The van der Waals surface area contributed by atoms with E-state index in [0.717, 1.165) is 0 Å². The molecular formula is C24H31N3O6. The summed E-state index contributed by atoms with van der Waals surface area (Å²) in [4.78, 5) is 39.4. The average Bonchev–Trinajstić information content (AvgIpc) is 3.18. The largest absolute Gasteiger partial charge is 0.484 e. The van der Waals surface area contributed by atoms with Gasteiger partial charge in [-0.3, -0.25) is 14.5 Å². The summed E-state index contributed by atoms with van der Waals surface area (Å²) in [7, 11) is 0. The van der Waals surface area contributed by atoms with Crippen LogP contribution >= 0.6 is 0 Å². The van der Waals surface area contributed by atoms with Gasteiger partial charge in [0, 0.05) is 19.0 Å². The Labute approximate surface area is 194 Å². The van der Waals surface area contributed by atoms with Crippen molar-refractivity contribution in [1.82, 2.24) is 10.2 Å². The number of likely N-dealkylation sites (tertiary alicyclic amines) is 1. The van der Waals surface area contributed by atoms with Crippen LogP contribution in [0, 0.1) is 11.3 Å². The van der Waals surface area contributed by atoms with Crippen molar-refractivity contribution in [3.63, 3.8) is 0 Å². The van der Waals surface area contributed by atoms with Gasteiger partial charge in [0.05, 0.1) is 17.7 Å². The molecule has 33 heavy (non-hydrogen) atoms. The van der Waals surface area contributed by atoms with E-state index in [1.54, 1.807) is 52.8 Å². The second-order valence-electron chi connectivity index (χ2n) is 9.92. The van der Waals surface area contributed by atoms with E-state index in [-0.39, 0.29) is 5.91 Å². The summed E-state index contributed by atoms with van der Waals surface area (Å²) in [5.41, 5.74) is -0.715. The van der Waals surface area contributed by atoms with Gasteiger partial charge >= 0.3 is 12.1 Å². The van der Waals surface area contributed by atoms with Crippen molar-refractivity contribution in [1.29, 1.82) is 5.26 Å². The Bertz CT molecular complexity index is 991. The molecule has 3 atom stereocenters. The number of fused-ring (bicyclic) bond motifs is 1. The Kier molecular flexibility index (Phi) is 6.59. The molecule has 2 aliphatic rings. The van der Waals surface area contributed by atoms with E-state index in [0.29, 0.717) is 36.3 Å². The lowest BCUT2D eigenvalue weighted by Crippen LogP contribution is -2.57. The number of nitrogens with one attached hydrogen (secondary N) is 1. The van der Waals surface area contributed by atoms with Crippen molar-refractivity contribution in [3.05, 3.63) is 29.3 Å². The van der Waals surface area contributed by atoms with Crippen molar-refractivity contribution in [2.75, 3.05) is 6.54 Å². The smallest absolute Gasteiger partial charge is 0.410 e. The van der Waals surface area contributed by atoms with Crippen LogP contribution in [0.15, 0.2) is 18.2 Å². The molecule has 178 valence electrons. The van der Waals surface area contributed by atoms with E-state index < -0.39 is 41.5 Å². The standard InChI is InChI=1S/C24H31N3O6/c1-14(28)31-20-19(16-12-15(13-25)9-10-18(16)32-24(20,5)6)26-21(29)17-8-7-11-27(17)22(30)33-23(2,3)4/h9-10,12,17,19-20H,7-8,11H2,1-6H3,(H,26,29). The van der Waals surface area contributed by atoms with Gasteiger partial charge in [-0.25, -0.2) is 4.79 Å². The molecule has 1 N–H and O–H groups in total. The summed E-state index contributed by atoms with van der Waals surface area (Å²) < 4.78 is 17.1. The molecule has 2 heterocycles. The molecule has 1 aromatic carbocycles. The van der Waals surface area contributed by atoms with Crippen LogP contribution in [0.4, 0.5) is 4.79 Å². The number of ether oxygens (including phenoxy) is 3. The van der Waals surface area contributed by atoms with Gasteiger partial charge in [0.1, 0.15) is 23.0 Å². The highest BCUT2D eigenvalue weighted by Crippen LogP contribution is 2.42. The molecule has 9 nitrogen and oxygen atoms in total. The summed E-state index contributed by atoms with van der Waals surface area (Å²) in [6.07, 6.45) is -0.243. The zero-order valence-electron chi connectivity index (χ0n) is 19.9. The fraction of sp³-hybridized carbons (Fsp3) is 0.583. The molecule has 0 spiro atoms. The van der Waals surface area contributed by atoms with Crippen molar-refractivity contribution in [2.24, 2.45) is 0 Å². The van der Waals surface area contributed by atoms with Crippen LogP contribution in [0.1, 0.15) is 71.6 Å². The molecule has 0 saturated carbocycles. The minimum Gasteiger partial charge on any atom is -0.484 e. The number of hydrogen-bond donors (Lipinski definition) is 1. The number of carbonyl (C=O) groups is 3. The zero-order valence-corrected chi connectivity index (χ0v) is 19.9. The van der Waals surface area contributed by atoms with E-state index >= 15 is 0 Å².